The monoisotopic (exact) mass is 294 g/mol. The Balaban J connectivity index is 2.98. The molecular weight excluding hydrogens is 272 g/mol. The van der Waals surface area contributed by atoms with E-state index < -0.39 is 11.5 Å². The molecule has 21 heavy (non-hydrogen) atoms. The molecule has 1 atom stereocenters. The number of rotatable bonds is 6. The van der Waals surface area contributed by atoms with E-state index in [0.29, 0.717) is 11.4 Å². The van der Waals surface area contributed by atoms with E-state index in [-0.39, 0.29) is 12.0 Å². The number of amides is 1. The molecule has 0 aliphatic carbocycles. The van der Waals surface area contributed by atoms with Gasteiger partial charge in [0.05, 0.1) is 6.10 Å². The summed E-state index contributed by atoms with van der Waals surface area (Å²) >= 11 is 0. The lowest BCUT2D eigenvalue weighted by molar-refractivity contribution is -0.147. The van der Waals surface area contributed by atoms with Gasteiger partial charge in [0.2, 0.25) is 5.88 Å². The number of aromatic nitrogens is 1. The SMILES string of the molecule is CCC(C)Oc1cc(C(=O)N(C)C(C)(C)C(=O)O)ccn1. The minimum Gasteiger partial charge on any atom is -0.480 e. The van der Waals surface area contributed by atoms with Crippen LogP contribution in [0, 0.1) is 0 Å². The van der Waals surface area contributed by atoms with E-state index in [1.807, 2.05) is 13.8 Å². The van der Waals surface area contributed by atoms with Crippen molar-refractivity contribution in [2.24, 2.45) is 0 Å². The van der Waals surface area contributed by atoms with E-state index in [1.54, 1.807) is 6.07 Å². The summed E-state index contributed by atoms with van der Waals surface area (Å²) in [6.45, 7) is 6.86. The molecule has 1 amide bonds. The van der Waals surface area contributed by atoms with E-state index in [2.05, 4.69) is 4.98 Å². The molecule has 1 heterocycles. The standard InChI is InChI=1S/C15H22N2O4/c1-6-10(2)21-12-9-11(7-8-16-12)13(18)17(5)15(3,4)14(19)20/h7-10H,6H2,1-5H3,(H,19,20). The highest BCUT2D eigenvalue weighted by Crippen LogP contribution is 2.19. The number of likely N-dealkylation sites (N-methyl/N-ethyl adjacent to an activating group) is 1. The Morgan fingerprint density at radius 3 is 2.62 bits per heavy atom. The lowest BCUT2D eigenvalue weighted by Gasteiger charge is -2.31. The Morgan fingerprint density at radius 1 is 1.48 bits per heavy atom. The largest absolute Gasteiger partial charge is 0.480 e. The minimum absolute atomic E-state index is 0.00366. The fourth-order valence-electron chi connectivity index (χ4n) is 1.49. The molecule has 6 nitrogen and oxygen atoms in total. The van der Waals surface area contributed by atoms with Crippen molar-refractivity contribution in [1.29, 1.82) is 0 Å². The van der Waals surface area contributed by atoms with Crippen LogP contribution in [0.2, 0.25) is 0 Å². The highest BCUT2D eigenvalue weighted by Gasteiger charge is 2.35. The maximum atomic E-state index is 12.4. The summed E-state index contributed by atoms with van der Waals surface area (Å²) in [5.74, 6) is -1.10. The molecule has 6 heteroatoms. The van der Waals surface area contributed by atoms with Crippen molar-refractivity contribution in [3.8, 4) is 5.88 Å². The zero-order valence-electron chi connectivity index (χ0n) is 13.1. The van der Waals surface area contributed by atoms with Crippen molar-refractivity contribution in [1.82, 2.24) is 9.88 Å². The van der Waals surface area contributed by atoms with Crippen LogP contribution in [0.5, 0.6) is 5.88 Å². The molecule has 0 fully saturated rings. The van der Waals surface area contributed by atoms with E-state index in [9.17, 15) is 14.7 Å². The smallest absolute Gasteiger partial charge is 0.329 e. The van der Waals surface area contributed by atoms with Crippen LogP contribution in [-0.4, -0.2) is 45.6 Å². The quantitative estimate of drug-likeness (QED) is 0.870. The average molecular weight is 294 g/mol. The first-order valence-corrected chi connectivity index (χ1v) is 6.84. The van der Waals surface area contributed by atoms with Gasteiger partial charge in [-0.1, -0.05) is 6.92 Å². The number of carboxylic acid groups (broad SMARTS) is 1. The number of carboxylic acids is 1. The van der Waals surface area contributed by atoms with Gasteiger partial charge in [-0.3, -0.25) is 4.79 Å². The lowest BCUT2D eigenvalue weighted by Crippen LogP contribution is -2.50. The second-order valence-electron chi connectivity index (χ2n) is 5.45. The molecule has 0 spiro atoms. The molecule has 0 radical (unpaired) electrons. The Kier molecular flexibility index (Phi) is 5.29. The molecule has 0 bridgehead atoms. The van der Waals surface area contributed by atoms with Gasteiger partial charge in [0.25, 0.3) is 5.91 Å². The van der Waals surface area contributed by atoms with Crippen molar-refractivity contribution in [2.45, 2.75) is 45.8 Å². The highest BCUT2D eigenvalue weighted by molar-refractivity contribution is 5.97. The number of aliphatic carboxylic acids is 1. The minimum atomic E-state index is -1.29. The summed E-state index contributed by atoms with van der Waals surface area (Å²) in [5.41, 5.74) is -0.946. The third-order valence-corrected chi connectivity index (χ3v) is 3.55. The summed E-state index contributed by atoms with van der Waals surface area (Å²) in [6, 6.07) is 3.07. The van der Waals surface area contributed by atoms with Crippen LogP contribution in [0.15, 0.2) is 18.3 Å². The van der Waals surface area contributed by atoms with Gasteiger partial charge in [0, 0.05) is 24.9 Å². The normalized spacial score (nSPS) is 12.6. The van der Waals surface area contributed by atoms with Crippen molar-refractivity contribution in [3.05, 3.63) is 23.9 Å². The molecule has 0 saturated carbocycles. The van der Waals surface area contributed by atoms with Crippen molar-refractivity contribution < 1.29 is 19.4 Å². The van der Waals surface area contributed by atoms with E-state index >= 15 is 0 Å². The van der Waals surface area contributed by atoms with Crippen LogP contribution in [0.25, 0.3) is 0 Å². The van der Waals surface area contributed by atoms with Gasteiger partial charge in [-0.05, 0) is 33.3 Å². The highest BCUT2D eigenvalue weighted by atomic mass is 16.5. The van der Waals surface area contributed by atoms with Crippen molar-refractivity contribution in [3.63, 3.8) is 0 Å². The predicted octanol–water partition coefficient (Wildman–Crippen LogP) is 2.19. The summed E-state index contributed by atoms with van der Waals surface area (Å²) < 4.78 is 5.57. The number of ether oxygens (including phenoxy) is 1. The number of nitrogens with zero attached hydrogens (tertiary/aromatic N) is 2. The van der Waals surface area contributed by atoms with Gasteiger partial charge in [0.15, 0.2) is 0 Å². The van der Waals surface area contributed by atoms with Gasteiger partial charge >= 0.3 is 5.97 Å². The molecule has 1 N–H and O–H groups in total. The fraction of sp³-hybridized carbons (Fsp3) is 0.533. The first-order valence-electron chi connectivity index (χ1n) is 6.84. The molecule has 1 aromatic rings. The number of hydrogen-bond donors (Lipinski definition) is 1. The molecule has 1 unspecified atom stereocenters. The molecule has 0 aromatic carbocycles. The Morgan fingerprint density at radius 2 is 2.10 bits per heavy atom. The average Bonchev–Trinajstić information content (AvgIpc) is 2.45. The zero-order valence-corrected chi connectivity index (χ0v) is 13.1. The van der Waals surface area contributed by atoms with Crippen LogP contribution in [0.1, 0.15) is 44.5 Å². The van der Waals surface area contributed by atoms with Gasteiger partial charge in [-0.25, -0.2) is 9.78 Å². The number of hydrogen-bond acceptors (Lipinski definition) is 4. The lowest BCUT2D eigenvalue weighted by atomic mass is 10.0. The molecule has 1 rings (SSSR count). The van der Waals surface area contributed by atoms with E-state index in [4.69, 9.17) is 4.74 Å². The predicted molar refractivity (Wildman–Crippen MR) is 78.4 cm³/mol. The van der Waals surface area contributed by atoms with Crippen LogP contribution in [-0.2, 0) is 4.79 Å². The maximum Gasteiger partial charge on any atom is 0.329 e. The topological polar surface area (TPSA) is 79.7 Å². The number of carbonyl (C=O) groups excluding carboxylic acids is 1. The van der Waals surface area contributed by atoms with Crippen LogP contribution >= 0.6 is 0 Å². The van der Waals surface area contributed by atoms with Gasteiger partial charge < -0.3 is 14.7 Å². The molecular formula is C15H22N2O4. The fourth-order valence-corrected chi connectivity index (χ4v) is 1.49. The molecule has 0 aliphatic rings. The van der Waals surface area contributed by atoms with Crippen LogP contribution < -0.4 is 4.74 Å². The van der Waals surface area contributed by atoms with Gasteiger partial charge in [-0.15, -0.1) is 0 Å². The Hall–Kier alpha value is -2.11. The molecule has 116 valence electrons. The third kappa shape index (κ3) is 3.93. The first kappa shape index (κ1) is 16.9. The number of carbonyl (C=O) groups is 2. The second kappa shape index (κ2) is 6.56. The van der Waals surface area contributed by atoms with E-state index in [0.717, 1.165) is 6.42 Å². The van der Waals surface area contributed by atoms with Crippen molar-refractivity contribution in [2.75, 3.05) is 7.05 Å². The second-order valence-corrected chi connectivity index (χ2v) is 5.45. The molecule has 1 aromatic heterocycles. The maximum absolute atomic E-state index is 12.4. The van der Waals surface area contributed by atoms with Crippen molar-refractivity contribution >= 4 is 11.9 Å². The van der Waals surface area contributed by atoms with Gasteiger partial charge in [0.1, 0.15) is 5.54 Å². The van der Waals surface area contributed by atoms with Crippen LogP contribution in [0.4, 0.5) is 0 Å². The summed E-state index contributed by atoms with van der Waals surface area (Å²) in [7, 11) is 1.46. The summed E-state index contributed by atoms with van der Waals surface area (Å²) in [5, 5.41) is 9.18. The zero-order chi connectivity index (χ0) is 16.2. The van der Waals surface area contributed by atoms with E-state index in [1.165, 1.54) is 38.1 Å². The Labute approximate surface area is 124 Å². The summed E-state index contributed by atoms with van der Waals surface area (Å²) in [4.78, 5) is 28.9. The molecule has 0 aliphatic heterocycles. The molecule has 0 saturated heterocycles. The van der Waals surface area contributed by atoms with Gasteiger partial charge in [-0.2, -0.15) is 0 Å². The summed E-state index contributed by atoms with van der Waals surface area (Å²) in [6.07, 6.45) is 2.30. The number of pyridine rings is 1. The third-order valence-electron chi connectivity index (χ3n) is 3.55. The first-order chi connectivity index (χ1) is 9.70. The van der Waals surface area contributed by atoms with Crippen LogP contribution in [0.3, 0.4) is 0 Å². The Bertz CT molecular complexity index is 528.